The van der Waals surface area contributed by atoms with Crippen molar-refractivity contribution in [2.24, 2.45) is 0 Å². The lowest BCUT2D eigenvalue weighted by Crippen LogP contribution is -2.27. The Morgan fingerprint density at radius 2 is 1.58 bits per heavy atom. The van der Waals surface area contributed by atoms with Crippen LogP contribution in [0.4, 0.5) is 0 Å². The van der Waals surface area contributed by atoms with E-state index >= 15 is 0 Å². The van der Waals surface area contributed by atoms with Gasteiger partial charge in [0.15, 0.2) is 0 Å². The quantitative estimate of drug-likeness (QED) is 0.389. The first kappa shape index (κ1) is 21.5. The van der Waals surface area contributed by atoms with Crippen molar-refractivity contribution in [3.63, 3.8) is 0 Å². The molecule has 0 amide bonds. The molecule has 0 aliphatic rings. The van der Waals surface area contributed by atoms with Crippen LogP contribution >= 0.6 is 23.4 Å². The van der Waals surface area contributed by atoms with E-state index in [2.05, 4.69) is 20.2 Å². The molecule has 31 heavy (non-hydrogen) atoms. The Morgan fingerprint density at radius 1 is 0.935 bits per heavy atom. The van der Waals surface area contributed by atoms with E-state index in [4.69, 9.17) is 11.6 Å². The van der Waals surface area contributed by atoms with Crippen LogP contribution in [0.3, 0.4) is 0 Å². The van der Waals surface area contributed by atoms with Crippen LogP contribution in [0.1, 0.15) is 10.8 Å². The highest BCUT2D eigenvalue weighted by atomic mass is 35.5. The van der Waals surface area contributed by atoms with Gasteiger partial charge in [-0.1, -0.05) is 71.9 Å². The molecule has 0 fully saturated rings. The normalized spacial score (nSPS) is 12.5. The molecule has 4 rings (SSSR count). The van der Waals surface area contributed by atoms with Gasteiger partial charge in [0.25, 0.3) is 0 Å². The number of benzene rings is 3. The minimum Gasteiger partial charge on any atom is -0.210 e. The summed E-state index contributed by atoms with van der Waals surface area (Å²) >= 11 is 7.36. The molecule has 4 aromatic rings. The zero-order valence-corrected chi connectivity index (χ0v) is 18.6. The van der Waals surface area contributed by atoms with Gasteiger partial charge in [-0.15, -0.1) is 5.10 Å². The summed E-state index contributed by atoms with van der Waals surface area (Å²) in [7, 11) is -3.65. The molecule has 0 saturated carbocycles. The predicted molar refractivity (Wildman–Crippen MR) is 121 cm³/mol. The number of sulfonamides is 1. The summed E-state index contributed by atoms with van der Waals surface area (Å²) < 4.78 is 29.7. The molecule has 0 aliphatic carbocycles. The molecular formula is C21H18ClN5O2S2. The van der Waals surface area contributed by atoms with E-state index in [0.717, 1.165) is 11.3 Å². The van der Waals surface area contributed by atoms with E-state index in [9.17, 15) is 8.42 Å². The van der Waals surface area contributed by atoms with Gasteiger partial charge in [0, 0.05) is 11.6 Å². The van der Waals surface area contributed by atoms with Crippen LogP contribution in [0, 0.1) is 0 Å². The van der Waals surface area contributed by atoms with Crippen molar-refractivity contribution in [1.82, 2.24) is 24.9 Å². The first-order chi connectivity index (χ1) is 15.0. The third-order valence-corrected chi connectivity index (χ3v) is 7.32. The van der Waals surface area contributed by atoms with E-state index in [-0.39, 0.29) is 16.7 Å². The molecule has 1 aromatic heterocycles. The number of nitrogens with zero attached hydrogens (tertiary/aromatic N) is 4. The van der Waals surface area contributed by atoms with Gasteiger partial charge in [-0.25, -0.2) is 13.1 Å². The van der Waals surface area contributed by atoms with Gasteiger partial charge in [0.2, 0.25) is 15.2 Å². The summed E-state index contributed by atoms with van der Waals surface area (Å²) in [6.07, 6.45) is 0. The number of halogens is 1. The topological polar surface area (TPSA) is 89.8 Å². The third kappa shape index (κ3) is 5.31. The maximum Gasteiger partial charge on any atom is 0.240 e. The average Bonchev–Trinajstić information content (AvgIpc) is 3.26. The van der Waals surface area contributed by atoms with E-state index in [1.54, 1.807) is 47.1 Å². The van der Waals surface area contributed by atoms with Gasteiger partial charge in [0.05, 0.1) is 15.8 Å². The molecule has 3 aromatic carbocycles. The van der Waals surface area contributed by atoms with Gasteiger partial charge < -0.3 is 0 Å². The number of hydrogen-bond donors (Lipinski definition) is 1. The first-order valence-electron chi connectivity index (χ1n) is 9.33. The monoisotopic (exact) mass is 471 g/mol. The first-order valence-corrected chi connectivity index (χ1v) is 12.1. The lowest BCUT2D eigenvalue weighted by atomic mass is 10.1. The van der Waals surface area contributed by atoms with Crippen LogP contribution in [0.15, 0.2) is 95.0 Å². The Bertz CT molecular complexity index is 1230. The summed E-state index contributed by atoms with van der Waals surface area (Å²) in [6, 6.07) is 25.1. The highest BCUT2D eigenvalue weighted by Gasteiger charge is 2.22. The number of aromatic nitrogens is 4. The second-order valence-electron chi connectivity index (χ2n) is 6.53. The van der Waals surface area contributed by atoms with Gasteiger partial charge in [0.1, 0.15) is 0 Å². The van der Waals surface area contributed by atoms with Crippen LogP contribution in [-0.4, -0.2) is 35.2 Å². The molecule has 1 unspecified atom stereocenters. The van der Waals surface area contributed by atoms with E-state index in [1.165, 1.54) is 11.8 Å². The Labute approximate surface area is 189 Å². The van der Waals surface area contributed by atoms with Crippen LogP contribution in [0.2, 0.25) is 5.02 Å². The Balaban J connectivity index is 1.59. The standard InChI is InChI=1S/C21H18ClN5O2S2/c22-17-11-13-18(14-12-17)27-21(24-25-26-27)30-20(16-7-3-1-4-8-16)15-23-31(28,29)19-9-5-2-6-10-19/h1-14,20,23H,15H2. The van der Waals surface area contributed by atoms with Crippen LogP contribution in [-0.2, 0) is 10.0 Å². The second-order valence-corrected chi connectivity index (χ2v) is 9.91. The smallest absolute Gasteiger partial charge is 0.210 e. The summed E-state index contributed by atoms with van der Waals surface area (Å²) in [4.78, 5) is 0.220. The van der Waals surface area contributed by atoms with Gasteiger partial charge in [-0.05, 0) is 52.4 Å². The van der Waals surface area contributed by atoms with Crippen LogP contribution in [0.25, 0.3) is 5.69 Å². The Morgan fingerprint density at radius 3 is 2.26 bits per heavy atom. The summed E-state index contributed by atoms with van der Waals surface area (Å²) in [5.74, 6) is 0. The van der Waals surface area contributed by atoms with Crippen LogP contribution in [0.5, 0.6) is 0 Å². The largest absolute Gasteiger partial charge is 0.240 e. The lowest BCUT2D eigenvalue weighted by molar-refractivity contribution is 0.581. The van der Waals surface area contributed by atoms with E-state index in [0.29, 0.717) is 10.2 Å². The van der Waals surface area contributed by atoms with E-state index in [1.807, 2.05) is 42.5 Å². The molecule has 10 heteroatoms. The third-order valence-electron chi connectivity index (χ3n) is 4.44. The lowest BCUT2D eigenvalue weighted by Gasteiger charge is -2.17. The number of nitrogens with one attached hydrogen (secondary N) is 1. The van der Waals surface area contributed by atoms with Crippen molar-refractivity contribution in [2.75, 3.05) is 6.54 Å². The molecule has 0 aliphatic heterocycles. The minimum atomic E-state index is -3.65. The maximum absolute atomic E-state index is 12.7. The summed E-state index contributed by atoms with van der Waals surface area (Å²) in [5.41, 5.74) is 1.71. The Kier molecular flexibility index (Phi) is 6.67. The molecule has 7 nitrogen and oxygen atoms in total. The fourth-order valence-corrected chi connectivity index (χ4v) is 5.23. The van der Waals surface area contributed by atoms with Crippen molar-refractivity contribution in [3.05, 3.63) is 95.5 Å². The molecule has 0 saturated heterocycles. The highest BCUT2D eigenvalue weighted by Crippen LogP contribution is 2.34. The number of thioether (sulfide) groups is 1. The van der Waals surface area contributed by atoms with Gasteiger partial charge in [-0.3, -0.25) is 0 Å². The summed E-state index contributed by atoms with van der Waals surface area (Å²) in [6.45, 7) is 0.166. The Hall–Kier alpha value is -2.72. The number of hydrogen-bond acceptors (Lipinski definition) is 6. The number of tetrazole rings is 1. The molecule has 1 atom stereocenters. The van der Waals surface area contributed by atoms with Gasteiger partial charge in [-0.2, -0.15) is 4.68 Å². The van der Waals surface area contributed by atoms with E-state index < -0.39 is 10.0 Å². The molecule has 1 N–H and O–H groups in total. The fourth-order valence-electron chi connectivity index (χ4n) is 2.89. The van der Waals surface area contributed by atoms with Crippen molar-refractivity contribution in [1.29, 1.82) is 0 Å². The molecule has 0 bridgehead atoms. The van der Waals surface area contributed by atoms with Gasteiger partial charge >= 0.3 is 0 Å². The average molecular weight is 472 g/mol. The fraction of sp³-hybridized carbons (Fsp3) is 0.0952. The molecule has 158 valence electrons. The SMILES string of the molecule is O=S(=O)(NCC(Sc1nnnn1-c1ccc(Cl)cc1)c1ccccc1)c1ccccc1. The minimum absolute atomic E-state index is 0.166. The highest BCUT2D eigenvalue weighted by molar-refractivity contribution is 7.99. The van der Waals surface area contributed by atoms with Crippen molar-refractivity contribution < 1.29 is 8.42 Å². The second kappa shape index (κ2) is 9.61. The van der Waals surface area contributed by atoms with Crippen molar-refractivity contribution in [2.45, 2.75) is 15.3 Å². The van der Waals surface area contributed by atoms with Crippen molar-refractivity contribution >= 4 is 33.4 Å². The maximum atomic E-state index is 12.7. The predicted octanol–water partition coefficient (Wildman–Crippen LogP) is 4.13. The molecule has 0 spiro atoms. The number of rotatable bonds is 8. The molecular weight excluding hydrogens is 454 g/mol. The van der Waals surface area contributed by atoms with Crippen molar-refractivity contribution in [3.8, 4) is 5.69 Å². The summed E-state index contributed by atoms with van der Waals surface area (Å²) in [5, 5.41) is 12.9. The zero-order chi connectivity index (χ0) is 21.7. The zero-order valence-electron chi connectivity index (χ0n) is 16.2. The molecule has 0 radical (unpaired) electrons. The molecule has 1 heterocycles. The van der Waals surface area contributed by atoms with Crippen LogP contribution < -0.4 is 4.72 Å².